The smallest absolute Gasteiger partial charge is 0.237 e. The SMILES string of the molecule is NC(=O)[C@@H]1N[C@H](CO)[C@@H](O)[C@@H]1O. The summed E-state index contributed by atoms with van der Waals surface area (Å²) in [4.78, 5) is 10.6. The van der Waals surface area contributed by atoms with Gasteiger partial charge in [0, 0.05) is 0 Å². The number of carbonyl (C=O) groups is 1. The fourth-order valence-corrected chi connectivity index (χ4v) is 1.27. The van der Waals surface area contributed by atoms with E-state index < -0.39 is 30.2 Å². The summed E-state index contributed by atoms with van der Waals surface area (Å²) in [7, 11) is 0. The molecule has 6 N–H and O–H groups in total. The van der Waals surface area contributed by atoms with Crippen LogP contribution >= 0.6 is 0 Å². The van der Waals surface area contributed by atoms with Crippen molar-refractivity contribution in [3.63, 3.8) is 0 Å². The van der Waals surface area contributed by atoms with Gasteiger partial charge in [-0.1, -0.05) is 0 Å². The van der Waals surface area contributed by atoms with Gasteiger partial charge in [-0.05, 0) is 0 Å². The van der Waals surface area contributed by atoms with Crippen LogP contribution in [-0.4, -0.2) is 52.1 Å². The van der Waals surface area contributed by atoms with Gasteiger partial charge in [-0.25, -0.2) is 0 Å². The Kier molecular flexibility index (Phi) is 2.63. The third kappa shape index (κ3) is 1.42. The maximum Gasteiger partial charge on any atom is 0.237 e. The van der Waals surface area contributed by atoms with E-state index in [2.05, 4.69) is 5.32 Å². The minimum atomic E-state index is -1.24. The second-order valence-corrected chi connectivity index (χ2v) is 2.82. The van der Waals surface area contributed by atoms with Crippen molar-refractivity contribution in [2.24, 2.45) is 5.73 Å². The molecule has 6 heteroatoms. The molecule has 0 aromatic heterocycles. The summed E-state index contributed by atoms with van der Waals surface area (Å²) in [5.41, 5.74) is 4.91. The largest absolute Gasteiger partial charge is 0.395 e. The van der Waals surface area contributed by atoms with Crippen LogP contribution in [0.5, 0.6) is 0 Å². The van der Waals surface area contributed by atoms with Gasteiger partial charge in [0.05, 0.1) is 18.8 Å². The number of rotatable bonds is 2. The van der Waals surface area contributed by atoms with Gasteiger partial charge in [-0.3, -0.25) is 10.1 Å². The van der Waals surface area contributed by atoms with Gasteiger partial charge in [0.25, 0.3) is 0 Å². The number of nitrogens with two attached hydrogens (primary N) is 1. The molecule has 1 aliphatic heterocycles. The van der Waals surface area contributed by atoms with Gasteiger partial charge < -0.3 is 21.1 Å². The molecule has 0 radical (unpaired) electrons. The van der Waals surface area contributed by atoms with Crippen molar-refractivity contribution in [2.75, 3.05) is 6.61 Å². The lowest BCUT2D eigenvalue weighted by molar-refractivity contribution is -0.122. The number of carbonyl (C=O) groups excluding carboxylic acids is 1. The van der Waals surface area contributed by atoms with E-state index in [0.29, 0.717) is 0 Å². The Morgan fingerprint density at radius 2 is 2.00 bits per heavy atom. The Balaban J connectivity index is 2.66. The number of primary amides is 1. The Bertz CT molecular complexity index is 186. The molecule has 0 saturated carbocycles. The lowest BCUT2D eigenvalue weighted by atomic mass is 10.1. The van der Waals surface area contributed by atoms with Crippen LogP contribution < -0.4 is 11.1 Å². The first-order valence-corrected chi connectivity index (χ1v) is 3.60. The van der Waals surface area contributed by atoms with Crippen molar-refractivity contribution < 1.29 is 20.1 Å². The lowest BCUT2D eigenvalue weighted by Gasteiger charge is -2.12. The molecule has 0 spiro atoms. The van der Waals surface area contributed by atoms with Crippen molar-refractivity contribution in [3.8, 4) is 0 Å². The van der Waals surface area contributed by atoms with Crippen LogP contribution in [0, 0.1) is 0 Å². The number of amides is 1. The number of aliphatic hydroxyl groups is 3. The number of hydrogen-bond donors (Lipinski definition) is 5. The van der Waals surface area contributed by atoms with Crippen LogP contribution in [0.2, 0.25) is 0 Å². The number of aliphatic hydroxyl groups excluding tert-OH is 3. The minimum absolute atomic E-state index is 0.345. The zero-order chi connectivity index (χ0) is 9.30. The zero-order valence-corrected chi connectivity index (χ0v) is 6.34. The Labute approximate surface area is 69.0 Å². The molecule has 1 fully saturated rings. The van der Waals surface area contributed by atoms with E-state index in [4.69, 9.17) is 10.8 Å². The first-order chi connectivity index (χ1) is 5.57. The maximum absolute atomic E-state index is 10.6. The molecule has 6 nitrogen and oxygen atoms in total. The van der Waals surface area contributed by atoms with E-state index in [0.717, 1.165) is 0 Å². The molecule has 0 unspecified atom stereocenters. The van der Waals surface area contributed by atoms with Crippen LogP contribution in [0.4, 0.5) is 0 Å². The first-order valence-electron chi connectivity index (χ1n) is 3.60. The molecule has 1 amide bonds. The molecule has 1 saturated heterocycles. The predicted octanol–water partition coefficient (Wildman–Crippen LogP) is -3.47. The molecule has 1 heterocycles. The molecule has 0 aliphatic carbocycles. The van der Waals surface area contributed by atoms with Crippen molar-refractivity contribution in [1.82, 2.24) is 5.32 Å². The van der Waals surface area contributed by atoms with Crippen LogP contribution in [-0.2, 0) is 4.79 Å². The standard InChI is InChI=1S/C6H12N2O4/c7-6(12)3-5(11)4(10)2(1-9)8-3/h2-5,8-11H,1H2,(H2,7,12)/t2-,3-,4-,5-/m1/s1. The van der Waals surface area contributed by atoms with Gasteiger partial charge in [-0.2, -0.15) is 0 Å². The monoisotopic (exact) mass is 176 g/mol. The third-order valence-corrected chi connectivity index (χ3v) is 2.00. The maximum atomic E-state index is 10.6. The molecule has 1 aliphatic rings. The van der Waals surface area contributed by atoms with E-state index in [1.54, 1.807) is 0 Å². The fourth-order valence-electron chi connectivity index (χ4n) is 1.27. The van der Waals surface area contributed by atoms with E-state index in [1.807, 2.05) is 0 Å². The van der Waals surface area contributed by atoms with Crippen molar-refractivity contribution in [2.45, 2.75) is 24.3 Å². The molecule has 0 aromatic rings. The third-order valence-electron chi connectivity index (χ3n) is 2.00. The molecular weight excluding hydrogens is 164 g/mol. The first kappa shape index (κ1) is 9.40. The van der Waals surface area contributed by atoms with E-state index in [1.165, 1.54) is 0 Å². The Morgan fingerprint density at radius 3 is 2.25 bits per heavy atom. The van der Waals surface area contributed by atoms with Crippen molar-refractivity contribution >= 4 is 5.91 Å². The highest BCUT2D eigenvalue weighted by atomic mass is 16.3. The van der Waals surface area contributed by atoms with Gasteiger partial charge in [0.1, 0.15) is 12.1 Å². The lowest BCUT2D eigenvalue weighted by Crippen LogP contribution is -2.45. The average Bonchev–Trinajstić information content (AvgIpc) is 2.30. The van der Waals surface area contributed by atoms with Crippen LogP contribution in [0.15, 0.2) is 0 Å². The van der Waals surface area contributed by atoms with Gasteiger partial charge in [0.15, 0.2) is 0 Å². The van der Waals surface area contributed by atoms with Crippen LogP contribution in [0.25, 0.3) is 0 Å². The van der Waals surface area contributed by atoms with Crippen LogP contribution in [0.3, 0.4) is 0 Å². The zero-order valence-electron chi connectivity index (χ0n) is 6.34. The summed E-state index contributed by atoms with van der Waals surface area (Å²) in [6.45, 7) is -0.345. The fraction of sp³-hybridized carbons (Fsp3) is 0.833. The molecule has 1 rings (SSSR count). The molecule has 4 atom stereocenters. The summed E-state index contributed by atoms with van der Waals surface area (Å²) in [6, 6.07) is -1.66. The van der Waals surface area contributed by atoms with Crippen LogP contribution in [0.1, 0.15) is 0 Å². The highest BCUT2D eigenvalue weighted by molar-refractivity contribution is 5.81. The van der Waals surface area contributed by atoms with Gasteiger partial charge in [0.2, 0.25) is 5.91 Å². The molecular formula is C6H12N2O4. The summed E-state index contributed by atoms with van der Waals surface area (Å²) in [5.74, 6) is -0.738. The van der Waals surface area contributed by atoms with Gasteiger partial charge >= 0.3 is 0 Å². The summed E-state index contributed by atoms with van der Waals surface area (Å²) < 4.78 is 0. The summed E-state index contributed by atoms with van der Waals surface area (Å²) in [5, 5.41) is 29.6. The highest BCUT2D eigenvalue weighted by Gasteiger charge is 2.43. The Morgan fingerprint density at radius 1 is 1.42 bits per heavy atom. The second kappa shape index (κ2) is 3.36. The minimum Gasteiger partial charge on any atom is -0.395 e. The highest BCUT2D eigenvalue weighted by Crippen LogP contribution is 2.13. The average molecular weight is 176 g/mol. The van der Waals surface area contributed by atoms with Crippen molar-refractivity contribution in [1.29, 1.82) is 0 Å². The number of hydrogen-bond acceptors (Lipinski definition) is 5. The molecule has 70 valence electrons. The van der Waals surface area contributed by atoms with E-state index in [9.17, 15) is 15.0 Å². The van der Waals surface area contributed by atoms with Gasteiger partial charge in [-0.15, -0.1) is 0 Å². The normalized spacial score (nSPS) is 41.6. The van der Waals surface area contributed by atoms with E-state index >= 15 is 0 Å². The van der Waals surface area contributed by atoms with E-state index in [-0.39, 0.29) is 6.61 Å². The summed E-state index contributed by atoms with van der Waals surface area (Å²) >= 11 is 0. The molecule has 0 bridgehead atoms. The quantitative estimate of drug-likeness (QED) is 0.300. The Hall–Kier alpha value is -0.690. The second-order valence-electron chi connectivity index (χ2n) is 2.82. The summed E-state index contributed by atoms with van der Waals surface area (Å²) in [6.07, 6.45) is -2.38. The molecule has 0 aromatic carbocycles. The number of nitrogens with one attached hydrogen (secondary N) is 1. The van der Waals surface area contributed by atoms with Crippen molar-refractivity contribution in [3.05, 3.63) is 0 Å². The topological polar surface area (TPSA) is 116 Å². The predicted molar refractivity (Wildman–Crippen MR) is 39.0 cm³/mol. The molecule has 12 heavy (non-hydrogen) atoms.